The minimum absolute atomic E-state index is 0.396. The number of hydrogen-bond donors (Lipinski definition) is 0. The first kappa shape index (κ1) is 9.84. The number of Topliss-reactive ketones (excluding diaryl/α,β-unsaturated/α-hetero) is 1. The zero-order valence-electron chi connectivity index (χ0n) is 8.40. The van der Waals surface area contributed by atoms with Gasteiger partial charge in [0.05, 0.1) is 5.69 Å². The number of aromatic nitrogens is 1. The van der Waals surface area contributed by atoms with Crippen molar-refractivity contribution < 1.29 is 4.79 Å². The van der Waals surface area contributed by atoms with Gasteiger partial charge in [-0.05, 0) is 29.9 Å². The summed E-state index contributed by atoms with van der Waals surface area (Å²) < 4.78 is 4.36. The van der Waals surface area contributed by atoms with Crippen molar-refractivity contribution in [1.29, 1.82) is 0 Å². The second kappa shape index (κ2) is 4.22. The molecule has 0 amide bonds. The van der Waals surface area contributed by atoms with E-state index in [-0.39, 0.29) is 0 Å². The van der Waals surface area contributed by atoms with Gasteiger partial charge in [0, 0.05) is 24.1 Å². The van der Waals surface area contributed by atoms with Crippen LogP contribution in [0.3, 0.4) is 0 Å². The Bertz CT molecular complexity index is 307. The van der Waals surface area contributed by atoms with E-state index in [2.05, 4.69) is 17.4 Å². The first-order valence-corrected chi connectivity index (χ1v) is 6.07. The van der Waals surface area contributed by atoms with Gasteiger partial charge in [0.1, 0.15) is 5.78 Å². The van der Waals surface area contributed by atoms with Gasteiger partial charge >= 0.3 is 0 Å². The molecule has 14 heavy (non-hydrogen) atoms. The summed E-state index contributed by atoms with van der Waals surface area (Å²) >= 11 is 1.49. The largest absolute Gasteiger partial charge is 0.300 e. The third kappa shape index (κ3) is 1.87. The van der Waals surface area contributed by atoms with E-state index in [0.717, 1.165) is 25.0 Å². The molecule has 0 aliphatic heterocycles. The maximum atomic E-state index is 11.4. The van der Waals surface area contributed by atoms with Crippen LogP contribution in [-0.4, -0.2) is 10.2 Å². The number of nitrogens with zero attached hydrogens (tertiary/aromatic N) is 1. The molecule has 76 valence electrons. The molecule has 1 aromatic heterocycles. The molecule has 0 saturated heterocycles. The highest BCUT2D eigenvalue weighted by Crippen LogP contribution is 2.37. The summed E-state index contributed by atoms with van der Waals surface area (Å²) in [6, 6.07) is 2.07. The van der Waals surface area contributed by atoms with Crippen LogP contribution in [0.4, 0.5) is 0 Å². The molecule has 1 saturated carbocycles. The molecule has 1 aromatic rings. The summed E-state index contributed by atoms with van der Waals surface area (Å²) in [6.45, 7) is 2.21. The predicted molar refractivity (Wildman–Crippen MR) is 57.5 cm³/mol. The van der Waals surface area contributed by atoms with Crippen LogP contribution in [0.2, 0.25) is 0 Å². The fourth-order valence-electron chi connectivity index (χ4n) is 2.31. The summed E-state index contributed by atoms with van der Waals surface area (Å²) in [7, 11) is 0. The molecule has 3 heteroatoms. The lowest BCUT2D eigenvalue weighted by Crippen LogP contribution is -2.23. The van der Waals surface area contributed by atoms with Crippen molar-refractivity contribution in [1.82, 2.24) is 4.37 Å². The lowest BCUT2D eigenvalue weighted by Gasteiger charge is -2.28. The van der Waals surface area contributed by atoms with E-state index in [1.807, 2.05) is 5.38 Å². The maximum Gasteiger partial charge on any atom is 0.133 e. The third-order valence-corrected chi connectivity index (χ3v) is 3.75. The predicted octanol–water partition coefficient (Wildman–Crippen LogP) is 3.01. The van der Waals surface area contributed by atoms with E-state index in [9.17, 15) is 4.79 Å². The van der Waals surface area contributed by atoms with E-state index in [0.29, 0.717) is 24.0 Å². The monoisotopic (exact) mass is 209 g/mol. The number of carbonyl (C=O) groups is 1. The highest BCUT2D eigenvalue weighted by atomic mass is 32.1. The first-order chi connectivity index (χ1) is 6.81. The third-order valence-electron chi connectivity index (χ3n) is 3.17. The van der Waals surface area contributed by atoms with Gasteiger partial charge in [0.15, 0.2) is 0 Å². The Labute approximate surface area is 88.5 Å². The molecule has 1 heterocycles. The van der Waals surface area contributed by atoms with Crippen LogP contribution in [0.5, 0.6) is 0 Å². The van der Waals surface area contributed by atoms with Gasteiger partial charge < -0.3 is 0 Å². The SMILES string of the molecule is CCC1CCC(=O)CC1c1ccsn1. The Kier molecular flexibility index (Phi) is 2.96. The first-order valence-electron chi connectivity index (χ1n) is 5.23. The molecule has 1 aliphatic rings. The Hall–Kier alpha value is -0.700. The van der Waals surface area contributed by atoms with E-state index < -0.39 is 0 Å². The fraction of sp³-hybridized carbons (Fsp3) is 0.636. The second-order valence-electron chi connectivity index (χ2n) is 3.98. The Morgan fingerprint density at radius 3 is 3.14 bits per heavy atom. The summed E-state index contributed by atoms with van der Waals surface area (Å²) in [5, 5.41) is 2.00. The lowest BCUT2D eigenvalue weighted by molar-refractivity contribution is -0.121. The molecule has 2 nitrogen and oxygen atoms in total. The van der Waals surface area contributed by atoms with Gasteiger partial charge in [-0.3, -0.25) is 4.79 Å². The van der Waals surface area contributed by atoms with Gasteiger partial charge in [-0.15, -0.1) is 0 Å². The number of ketones is 1. The zero-order valence-corrected chi connectivity index (χ0v) is 9.22. The van der Waals surface area contributed by atoms with Crippen LogP contribution in [0.1, 0.15) is 44.2 Å². The van der Waals surface area contributed by atoms with Crippen molar-refractivity contribution >= 4 is 17.3 Å². The Morgan fingerprint density at radius 1 is 1.64 bits per heavy atom. The minimum atomic E-state index is 0.396. The van der Waals surface area contributed by atoms with E-state index >= 15 is 0 Å². The van der Waals surface area contributed by atoms with Crippen molar-refractivity contribution in [3.05, 3.63) is 17.1 Å². The van der Waals surface area contributed by atoms with Gasteiger partial charge in [-0.1, -0.05) is 13.3 Å². The van der Waals surface area contributed by atoms with Crippen LogP contribution in [0.25, 0.3) is 0 Å². The fourth-order valence-corrected chi connectivity index (χ4v) is 2.89. The summed E-state index contributed by atoms with van der Waals surface area (Å²) in [6.07, 6.45) is 3.70. The Morgan fingerprint density at radius 2 is 2.50 bits per heavy atom. The van der Waals surface area contributed by atoms with Crippen LogP contribution in [-0.2, 0) is 4.79 Å². The average Bonchev–Trinajstić information content (AvgIpc) is 2.70. The standard InChI is InChI=1S/C11H15NOS/c1-2-8-3-4-9(13)7-10(8)11-5-6-14-12-11/h5-6,8,10H,2-4,7H2,1H3. The molecule has 1 aliphatic carbocycles. The van der Waals surface area contributed by atoms with Crippen molar-refractivity contribution in [2.24, 2.45) is 5.92 Å². The van der Waals surface area contributed by atoms with Gasteiger partial charge in [-0.2, -0.15) is 4.37 Å². The molecule has 2 unspecified atom stereocenters. The smallest absolute Gasteiger partial charge is 0.133 e. The zero-order chi connectivity index (χ0) is 9.97. The second-order valence-corrected chi connectivity index (χ2v) is 4.65. The molecule has 2 atom stereocenters. The molecule has 0 N–H and O–H groups in total. The minimum Gasteiger partial charge on any atom is -0.300 e. The molecule has 1 fully saturated rings. The Balaban J connectivity index is 2.17. The molecular weight excluding hydrogens is 194 g/mol. The molecule has 0 aromatic carbocycles. The summed E-state index contributed by atoms with van der Waals surface area (Å²) in [5.74, 6) is 1.47. The normalized spacial score (nSPS) is 27.9. The summed E-state index contributed by atoms with van der Waals surface area (Å²) in [4.78, 5) is 11.4. The molecule has 0 bridgehead atoms. The average molecular weight is 209 g/mol. The topological polar surface area (TPSA) is 30.0 Å². The van der Waals surface area contributed by atoms with Crippen molar-refractivity contribution in [3.8, 4) is 0 Å². The van der Waals surface area contributed by atoms with Gasteiger partial charge in [0.25, 0.3) is 0 Å². The van der Waals surface area contributed by atoms with Gasteiger partial charge in [0.2, 0.25) is 0 Å². The van der Waals surface area contributed by atoms with E-state index in [1.165, 1.54) is 11.5 Å². The van der Waals surface area contributed by atoms with Crippen LogP contribution < -0.4 is 0 Å². The number of carbonyl (C=O) groups excluding carboxylic acids is 1. The highest BCUT2D eigenvalue weighted by Gasteiger charge is 2.30. The van der Waals surface area contributed by atoms with E-state index in [4.69, 9.17) is 0 Å². The number of hydrogen-bond acceptors (Lipinski definition) is 3. The molecular formula is C11H15NOS. The maximum absolute atomic E-state index is 11.4. The van der Waals surface area contributed by atoms with E-state index in [1.54, 1.807) is 0 Å². The molecule has 2 rings (SSSR count). The molecule has 0 spiro atoms. The highest BCUT2D eigenvalue weighted by molar-refractivity contribution is 7.03. The quantitative estimate of drug-likeness (QED) is 0.749. The lowest BCUT2D eigenvalue weighted by atomic mass is 9.76. The van der Waals surface area contributed by atoms with Crippen molar-refractivity contribution in [2.75, 3.05) is 0 Å². The number of rotatable bonds is 2. The summed E-state index contributed by atoms with van der Waals surface area (Å²) in [5.41, 5.74) is 1.13. The van der Waals surface area contributed by atoms with Crippen molar-refractivity contribution in [2.45, 2.75) is 38.5 Å². The molecule has 0 radical (unpaired) electrons. The van der Waals surface area contributed by atoms with Crippen molar-refractivity contribution in [3.63, 3.8) is 0 Å². The van der Waals surface area contributed by atoms with Gasteiger partial charge in [-0.25, -0.2) is 0 Å². The van der Waals surface area contributed by atoms with Crippen LogP contribution >= 0.6 is 11.5 Å². The van der Waals surface area contributed by atoms with Crippen LogP contribution in [0.15, 0.2) is 11.4 Å². The van der Waals surface area contributed by atoms with Crippen LogP contribution in [0, 0.1) is 5.92 Å².